The normalized spacial score (nSPS) is 37.3. The Morgan fingerprint density at radius 1 is 0.310 bits per heavy atom. The first-order valence-corrected chi connectivity index (χ1v) is 48.3. The second-order valence-corrected chi connectivity index (χ2v) is 45.5. The molecule has 13 aliphatic carbocycles. The van der Waals surface area contributed by atoms with Crippen LogP contribution in [0.4, 0.5) is 0 Å². The minimum Gasteiger partial charge on any atom is -0.459 e. The third-order valence-corrected chi connectivity index (χ3v) is 36.3. The molecule has 0 radical (unpaired) electrons. The van der Waals surface area contributed by atoms with Crippen LogP contribution in [0, 0.1) is 121 Å². The number of hydrogen-bond acceptors (Lipinski definition) is 14. The first-order chi connectivity index (χ1) is 53.7. The largest absolute Gasteiger partial charge is 0.459 e. The van der Waals surface area contributed by atoms with E-state index in [1.807, 2.05) is 104 Å². The molecule has 0 N–H and O–H groups in total. The van der Waals surface area contributed by atoms with E-state index in [-0.39, 0.29) is 143 Å². The molecule has 14 nitrogen and oxygen atoms in total. The molecule has 14 heteroatoms. The van der Waals surface area contributed by atoms with E-state index in [9.17, 15) is 33.6 Å². The van der Waals surface area contributed by atoms with Gasteiger partial charge in [-0.25, -0.2) is 0 Å². The van der Waals surface area contributed by atoms with Crippen LogP contribution in [0.25, 0.3) is 0 Å². The maximum atomic E-state index is 12.5. The molecule has 0 aromatic carbocycles. The Labute approximate surface area is 709 Å². The van der Waals surface area contributed by atoms with Crippen LogP contribution in [-0.2, 0) is 66.7 Å². The van der Waals surface area contributed by atoms with Crippen LogP contribution in [0.1, 0.15) is 445 Å². The molecule has 13 fully saturated rings. The van der Waals surface area contributed by atoms with E-state index < -0.39 is 0 Å². The lowest BCUT2D eigenvalue weighted by Gasteiger charge is -2.51. The second kappa shape index (κ2) is 38.6. The summed E-state index contributed by atoms with van der Waals surface area (Å²) in [4.78, 5) is 84.6. The van der Waals surface area contributed by atoms with E-state index in [4.69, 9.17) is 33.2 Å². The van der Waals surface area contributed by atoms with Gasteiger partial charge in [0.05, 0.1) is 39.9 Å². The molecule has 13 saturated carbocycles. The van der Waals surface area contributed by atoms with Gasteiger partial charge in [0.25, 0.3) is 0 Å². The summed E-state index contributed by atoms with van der Waals surface area (Å²) in [7, 11) is 0. The van der Waals surface area contributed by atoms with E-state index in [1.54, 1.807) is 0 Å². The summed E-state index contributed by atoms with van der Waals surface area (Å²) >= 11 is 0. The van der Waals surface area contributed by atoms with Gasteiger partial charge in [0.15, 0.2) is 0 Å². The fourth-order valence-corrected chi connectivity index (χ4v) is 23.8. The zero-order chi connectivity index (χ0) is 87.2. The predicted molar refractivity (Wildman–Crippen MR) is 469 cm³/mol. The van der Waals surface area contributed by atoms with Crippen molar-refractivity contribution in [3.63, 3.8) is 0 Å². The summed E-state index contributed by atoms with van der Waals surface area (Å²) in [5.74, 6) is 7.37. The second-order valence-electron chi connectivity index (χ2n) is 45.5. The average Bonchev–Trinajstić information content (AvgIpc) is 1.54. The van der Waals surface area contributed by atoms with Gasteiger partial charge in [0.1, 0.15) is 39.2 Å². The minimum atomic E-state index is -0.378. The zero-order valence-corrected chi connectivity index (χ0v) is 80.5. The Morgan fingerprint density at radius 3 is 0.914 bits per heavy atom. The molecule has 0 aliphatic heterocycles. The molecule has 0 aromatic rings. The lowest BCUT2D eigenvalue weighted by atomic mass is 9.61. The van der Waals surface area contributed by atoms with Gasteiger partial charge in [-0.2, -0.15) is 0 Å². The summed E-state index contributed by atoms with van der Waals surface area (Å²) < 4.78 is 41.4. The molecule has 0 heterocycles. The van der Waals surface area contributed by atoms with Crippen molar-refractivity contribution in [3.8, 4) is 0 Å². The lowest BCUT2D eigenvalue weighted by Crippen LogP contribution is -2.55. The molecule has 0 aromatic heterocycles. The summed E-state index contributed by atoms with van der Waals surface area (Å²) in [6.07, 6.45) is 42.4. The Balaban J connectivity index is 0.000000187. The van der Waals surface area contributed by atoms with Crippen molar-refractivity contribution in [3.05, 3.63) is 0 Å². The van der Waals surface area contributed by atoms with Crippen LogP contribution in [0.2, 0.25) is 0 Å². The smallest absolute Gasteiger partial charge is 0.312 e. The summed E-state index contributed by atoms with van der Waals surface area (Å²) in [5, 5.41) is 0. The molecule has 0 saturated heterocycles. The maximum Gasteiger partial charge on any atom is 0.312 e. The highest BCUT2D eigenvalue weighted by atomic mass is 16.6. The zero-order valence-electron chi connectivity index (χ0n) is 80.5. The monoisotopic (exact) mass is 1630 g/mol. The van der Waals surface area contributed by atoms with Crippen molar-refractivity contribution in [2.45, 2.75) is 484 Å². The number of esters is 7. The minimum absolute atomic E-state index is 0.00699. The summed E-state index contributed by atoms with van der Waals surface area (Å²) in [5.41, 5.74) is -1.85. The fraction of sp³-hybridized carbons (Fsp3) is 0.931. The molecule has 22 atom stereocenters. The van der Waals surface area contributed by atoms with Crippen molar-refractivity contribution < 1.29 is 66.7 Å². The fourth-order valence-electron chi connectivity index (χ4n) is 23.8. The average molecular weight is 1630 g/mol. The van der Waals surface area contributed by atoms with Gasteiger partial charge < -0.3 is 33.2 Å². The van der Waals surface area contributed by atoms with E-state index in [2.05, 4.69) is 104 Å². The Bertz CT molecular complexity index is 3270. The van der Waals surface area contributed by atoms with E-state index in [1.165, 1.54) is 141 Å². The molecular weight excluding hydrogens is 1450 g/mol. The van der Waals surface area contributed by atoms with Crippen LogP contribution in [0.5, 0.6) is 0 Å². The van der Waals surface area contributed by atoms with Gasteiger partial charge in [-0.15, -0.1) is 0 Å². The van der Waals surface area contributed by atoms with Crippen LogP contribution in [-0.4, -0.2) is 81.0 Å². The summed E-state index contributed by atoms with van der Waals surface area (Å²) in [6.45, 7) is 62.9. The highest BCUT2D eigenvalue weighted by molar-refractivity contribution is 5.78. The molecule has 0 amide bonds. The van der Waals surface area contributed by atoms with Crippen molar-refractivity contribution >= 4 is 41.8 Å². The molecular formula is C102H178O14. The Kier molecular flexibility index (Phi) is 33.1. The molecule has 22 unspecified atom stereocenters. The van der Waals surface area contributed by atoms with Crippen LogP contribution >= 0.6 is 0 Å². The maximum absolute atomic E-state index is 12.5. The SMILES string of the molecule is CCC(C)(C)C(=O)OC1(C)C2(C)CCC(C2)C1(C)C.CCC(C)(C)C(=O)OC1(C)CC2CCC1C2.CCC(C)(C)C(=O)OC1(CC)CC2CCC1C2.CCC(C)C(=O)OC1(C)C2(C)CCC(C2)C1(C)C.CCC(C)C(=O)OC1(C)CC2CCC1C2.CCC(C)C(=O)OC1(C)CCCCCC1.CCC(C)C(=O)OC1(CC)CC2CCC1C2. The van der Waals surface area contributed by atoms with Crippen molar-refractivity contribution in [1.82, 2.24) is 0 Å². The number of carbonyl (C=O) groups is 7. The molecule has 12 bridgehead atoms. The molecule has 670 valence electrons. The van der Waals surface area contributed by atoms with Gasteiger partial charge in [-0.05, 0) is 360 Å². The van der Waals surface area contributed by atoms with Gasteiger partial charge in [0.2, 0.25) is 0 Å². The highest BCUT2D eigenvalue weighted by Crippen LogP contribution is 2.71. The topological polar surface area (TPSA) is 184 Å². The van der Waals surface area contributed by atoms with Gasteiger partial charge in [0, 0.05) is 21.7 Å². The van der Waals surface area contributed by atoms with Gasteiger partial charge in [-0.3, -0.25) is 33.6 Å². The van der Waals surface area contributed by atoms with Crippen molar-refractivity contribution in [2.75, 3.05) is 0 Å². The number of carbonyl (C=O) groups excluding carboxylic acids is 7. The van der Waals surface area contributed by atoms with Gasteiger partial charge >= 0.3 is 41.8 Å². The van der Waals surface area contributed by atoms with Crippen LogP contribution in [0.15, 0.2) is 0 Å². The van der Waals surface area contributed by atoms with E-state index >= 15 is 0 Å². The molecule has 13 aliphatic rings. The first-order valence-electron chi connectivity index (χ1n) is 48.3. The predicted octanol–water partition coefficient (Wildman–Crippen LogP) is 26.6. The lowest BCUT2D eigenvalue weighted by molar-refractivity contribution is -0.202. The standard InChI is InChI=1S/C17H30O2.C16H28O2.C15H26O2.2C14H24O2.C13H22O2.C13H24O2/c1-8-14(2,3)13(18)19-17(7)15(4,5)12-9-10-16(17,6)11-12;1-7-11(2)13(17)18-16(6)14(3,4)12-8-9-15(16,5)10-12;1-5-14(3,4)13(16)17-15(6-2)10-11-7-8-12(15)9-11;1-5-13(2,3)12(15)16-14(4)9-10-6-7-11(14)8-10;1-4-10(3)13(15)16-14(5-2)9-11-6-7-12(14)8-11;1-4-9(2)12(14)15-13(3)8-10-5-6-11(13)7-10;1-4-11(2)12(14)15-13(3)9-7-5-6-8-10-13/h12H,8-11H2,1-7H3;11-12H,7-10H2,1-6H3;11-12H,5-10H2,1-4H3;10-11H,5-9H2,1-4H3;10-12H,4-9H2,1-3H3;9-11H,4-8H2,1-3H3;11H,4-10H2,1-3H3. The van der Waals surface area contributed by atoms with Crippen LogP contribution < -0.4 is 0 Å². The number of hydrogen-bond donors (Lipinski definition) is 0. The third-order valence-electron chi connectivity index (χ3n) is 36.3. The molecule has 13 rings (SSSR count). The highest BCUT2D eigenvalue weighted by Gasteiger charge is 2.71. The number of ether oxygens (including phenoxy) is 7. The number of rotatable bonds is 23. The van der Waals surface area contributed by atoms with Gasteiger partial charge in [-0.1, -0.05) is 144 Å². The quantitative estimate of drug-likeness (QED) is 0.0535. The van der Waals surface area contributed by atoms with E-state index in [0.29, 0.717) is 35.5 Å². The number of fused-ring (bicyclic) bond motifs is 12. The van der Waals surface area contributed by atoms with Crippen LogP contribution in [0.3, 0.4) is 0 Å². The molecule has 116 heavy (non-hydrogen) atoms. The molecule has 0 spiro atoms. The third kappa shape index (κ3) is 21.2. The Morgan fingerprint density at radius 2 is 0.612 bits per heavy atom. The van der Waals surface area contributed by atoms with E-state index in [0.717, 1.165) is 120 Å². The first kappa shape index (κ1) is 99.4. The van der Waals surface area contributed by atoms with Crippen molar-refractivity contribution in [1.29, 1.82) is 0 Å². The summed E-state index contributed by atoms with van der Waals surface area (Å²) in [6, 6.07) is 0. The van der Waals surface area contributed by atoms with Crippen molar-refractivity contribution in [2.24, 2.45) is 121 Å². The Hall–Kier alpha value is -3.71.